The number of benzene rings is 3. The molecule has 0 bridgehead atoms. The molecule has 0 radical (unpaired) electrons. The smallest absolute Gasteiger partial charge is 0.262 e. The van der Waals surface area contributed by atoms with E-state index in [1.807, 2.05) is 49.4 Å². The second-order valence-corrected chi connectivity index (χ2v) is 8.08. The molecule has 0 spiro atoms. The SMILES string of the molecule is COc1cc(CNCCc2ccccc2)cc(Br)c1OCC(=O)Nc1ccc(C)cc1. The molecule has 5 nitrogen and oxygen atoms in total. The summed E-state index contributed by atoms with van der Waals surface area (Å²) < 4.78 is 12.0. The van der Waals surface area contributed by atoms with Gasteiger partial charge < -0.3 is 20.1 Å². The van der Waals surface area contributed by atoms with Gasteiger partial charge in [0.25, 0.3) is 5.91 Å². The molecule has 3 aromatic carbocycles. The molecule has 0 atom stereocenters. The van der Waals surface area contributed by atoms with Crippen molar-refractivity contribution in [3.63, 3.8) is 0 Å². The highest BCUT2D eigenvalue weighted by Crippen LogP contribution is 2.36. The topological polar surface area (TPSA) is 59.6 Å². The number of amides is 1. The summed E-state index contributed by atoms with van der Waals surface area (Å²) in [6.07, 6.45) is 0.969. The third-order valence-corrected chi connectivity index (χ3v) is 5.32. The highest BCUT2D eigenvalue weighted by molar-refractivity contribution is 9.10. The number of carbonyl (C=O) groups excluding carboxylic acids is 1. The van der Waals surface area contributed by atoms with Crippen LogP contribution in [0.1, 0.15) is 16.7 Å². The molecule has 0 aliphatic rings. The second kappa shape index (κ2) is 11.5. The zero-order valence-corrected chi connectivity index (χ0v) is 19.4. The molecular formula is C25H27BrN2O3. The van der Waals surface area contributed by atoms with E-state index in [-0.39, 0.29) is 12.5 Å². The predicted molar refractivity (Wildman–Crippen MR) is 128 cm³/mol. The highest BCUT2D eigenvalue weighted by atomic mass is 79.9. The summed E-state index contributed by atoms with van der Waals surface area (Å²) >= 11 is 3.54. The van der Waals surface area contributed by atoms with Crippen LogP contribution in [0.4, 0.5) is 5.69 Å². The van der Waals surface area contributed by atoms with E-state index in [0.717, 1.165) is 34.3 Å². The molecule has 0 fully saturated rings. The lowest BCUT2D eigenvalue weighted by molar-refractivity contribution is -0.118. The first-order valence-corrected chi connectivity index (χ1v) is 10.9. The summed E-state index contributed by atoms with van der Waals surface area (Å²) in [5, 5.41) is 6.27. The zero-order valence-electron chi connectivity index (χ0n) is 17.8. The van der Waals surface area contributed by atoms with E-state index in [1.54, 1.807) is 7.11 Å². The Hall–Kier alpha value is -2.83. The van der Waals surface area contributed by atoms with Crippen LogP contribution in [0, 0.1) is 6.92 Å². The Kier molecular flexibility index (Phi) is 8.50. The largest absolute Gasteiger partial charge is 0.493 e. The van der Waals surface area contributed by atoms with Crippen molar-refractivity contribution in [3.8, 4) is 11.5 Å². The van der Waals surface area contributed by atoms with Gasteiger partial charge in [0.05, 0.1) is 11.6 Å². The number of nitrogens with one attached hydrogen (secondary N) is 2. The molecule has 31 heavy (non-hydrogen) atoms. The minimum Gasteiger partial charge on any atom is -0.493 e. The Morgan fingerprint density at radius 3 is 2.45 bits per heavy atom. The van der Waals surface area contributed by atoms with Gasteiger partial charge in [0.15, 0.2) is 18.1 Å². The Morgan fingerprint density at radius 2 is 1.74 bits per heavy atom. The first-order chi connectivity index (χ1) is 15.0. The Labute approximate surface area is 191 Å². The number of hydrogen-bond donors (Lipinski definition) is 2. The summed E-state index contributed by atoms with van der Waals surface area (Å²) in [6, 6.07) is 21.9. The fourth-order valence-electron chi connectivity index (χ4n) is 3.10. The van der Waals surface area contributed by atoms with Crippen LogP contribution >= 0.6 is 15.9 Å². The van der Waals surface area contributed by atoms with Crippen molar-refractivity contribution >= 4 is 27.5 Å². The zero-order chi connectivity index (χ0) is 22.1. The molecule has 1 amide bonds. The van der Waals surface area contributed by atoms with Gasteiger partial charge in [0.2, 0.25) is 0 Å². The molecule has 0 saturated heterocycles. The number of aryl methyl sites for hydroxylation is 1. The van der Waals surface area contributed by atoms with Crippen LogP contribution in [-0.4, -0.2) is 26.2 Å². The van der Waals surface area contributed by atoms with Gasteiger partial charge in [-0.05, 0) is 71.2 Å². The van der Waals surface area contributed by atoms with E-state index >= 15 is 0 Å². The molecule has 0 aromatic heterocycles. The van der Waals surface area contributed by atoms with E-state index in [2.05, 4.69) is 50.8 Å². The van der Waals surface area contributed by atoms with E-state index in [1.165, 1.54) is 5.56 Å². The third-order valence-electron chi connectivity index (χ3n) is 4.73. The predicted octanol–water partition coefficient (Wildman–Crippen LogP) is 5.12. The maximum Gasteiger partial charge on any atom is 0.262 e. The van der Waals surface area contributed by atoms with Gasteiger partial charge in [-0.25, -0.2) is 0 Å². The average Bonchev–Trinajstić information content (AvgIpc) is 2.78. The summed E-state index contributed by atoms with van der Waals surface area (Å²) in [7, 11) is 1.59. The van der Waals surface area contributed by atoms with Crippen molar-refractivity contribution in [1.29, 1.82) is 0 Å². The fraction of sp³-hybridized carbons (Fsp3) is 0.240. The molecule has 0 aliphatic heterocycles. The quantitative estimate of drug-likeness (QED) is 0.394. The van der Waals surface area contributed by atoms with E-state index in [0.29, 0.717) is 18.0 Å². The second-order valence-electron chi connectivity index (χ2n) is 7.22. The van der Waals surface area contributed by atoms with Crippen LogP contribution in [0.2, 0.25) is 0 Å². The molecule has 162 valence electrons. The maximum absolute atomic E-state index is 12.2. The number of halogens is 1. The molecule has 0 heterocycles. The molecule has 3 rings (SSSR count). The van der Waals surface area contributed by atoms with Crippen molar-refractivity contribution in [2.75, 3.05) is 25.6 Å². The van der Waals surface area contributed by atoms with Gasteiger partial charge in [0, 0.05) is 12.2 Å². The average molecular weight is 483 g/mol. The van der Waals surface area contributed by atoms with E-state index < -0.39 is 0 Å². The Bertz CT molecular complexity index is 992. The molecule has 0 aliphatic carbocycles. The van der Waals surface area contributed by atoms with Crippen LogP contribution in [-0.2, 0) is 17.8 Å². The Morgan fingerprint density at radius 1 is 1.00 bits per heavy atom. The van der Waals surface area contributed by atoms with Gasteiger partial charge in [0.1, 0.15) is 0 Å². The Balaban J connectivity index is 1.53. The summed E-state index contributed by atoms with van der Waals surface area (Å²) in [6.45, 7) is 3.47. The normalized spacial score (nSPS) is 10.5. The lowest BCUT2D eigenvalue weighted by Crippen LogP contribution is -2.20. The number of carbonyl (C=O) groups is 1. The summed E-state index contributed by atoms with van der Waals surface area (Å²) in [5.41, 5.74) is 4.24. The summed E-state index contributed by atoms with van der Waals surface area (Å²) in [5.74, 6) is 0.858. The number of hydrogen-bond acceptors (Lipinski definition) is 4. The monoisotopic (exact) mass is 482 g/mol. The van der Waals surface area contributed by atoms with Gasteiger partial charge in [-0.1, -0.05) is 48.0 Å². The van der Waals surface area contributed by atoms with Crippen molar-refractivity contribution in [2.45, 2.75) is 19.9 Å². The van der Waals surface area contributed by atoms with Crippen molar-refractivity contribution in [2.24, 2.45) is 0 Å². The summed E-state index contributed by atoms with van der Waals surface area (Å²) in [4.78, 5) is 12.2. The van der Waals surface area contributed by atoms with Crippen molar-refractivity contribution < 1.29 is 14.3 Å². The number of anilines is 1. The fourth-order valence-corrected chi connectivity index (χ4v) is 3.70. The molecule has 2 N–H and O–H groups in total. The lowest BCUT2D eigenvalue weighted by atomic mass is 10.1. The van der Waals surface area contributed by atoms with Gasteiger partial charge in [-0.3, -0.25) is 4.79 Å². The molecule has 3 aromatic rings. The van der Waals surface area contributed by atoms with Gasteiger partial charge in [-0.15, -0.1) is 0 Å². The number of methoxy groups -OCH3 is 1. The van der Waals surface area contributed by atoms with Crippen molar-refractivity contribution in [1.82, 2.24) is 5.32 Å². The van der Waals surface area contributed by atoms with Crippen LogP contribution < -0.4 is 20.1 Å². The van der Waals surface area contributed by atoms with Crippen LogP contribution in [0.5, 0.6) is 11.5 Å². The van der Waals surface area contributed by atoms with Crippen LogP contribution in [0.25, 0.3) is 0 Å². The van der Waals surface area contributed by atoms with E-state index in [9.17, 15) is 4.79 Å². The maximum atomic E-state index is 12.2. The minimum atomic E-state index is -0.232. The third kappa shape index (κ3) is 7.12. The molecular weight excluding hydrogens is 456 g/mol. The highest BCUT2D eigenvalue weighted by Gasteiger charge is 2.14. The standard InChI is InChI=1S/C25H27BrN2O3/c1-18-8-10-21(11-9-18)28-24(29)17-31-25-22(26)14-20(15-23(25)30-2)16-27-13-12-19-6-4-3-5-7-19/h3-11,14-15,27H,12-13,16-17H2,1-2H3,(H,28,29). The van der Waals surface area contributed by atoms with Crippen LogP contribution in [0.15, 0.2) is 71.2 Å². The van der Waals surface area contributed by atoms with Gasteiger partial charge >= 0.3 is 0 Å². The first kappa shape index (κ1) is 22.8. The number of ether oxygens (including phenoxy) is 2. The molecule has 6 heteroatoms. The van der Waals surface area contributed by atoms with E-state index in [4.69, 9.17) is 9.47 Å². The number of rotatable bonds is 10. The minimum absolute atomic E-state index is 0.114. The molecule has 0 unspecified atom stereocenters. The van der Waals surface area contributed by atoms with Crippen molar-refractivity contribution in [3.05, 3.63) is 87.9 Å². The molecule has 0 saturated carbocycles. The van der Waals surface area contributed by atoms with Crippen LogP contribution in [0.3, 0.4) is 0 Å². The first-order valence-electron chi connectivity index (χ1n) is 10.2. The lowest BCUT2D eigenvalue weighted by Gasteiger charge is -2.15. The van der Waals surface area contributed by atoms with Gasteiger partial charge in [-0.2, -0.15) is 0 Å².